The summed E-state index contributed by atoms with van der Waals surface area (Å²) in [6.45, 7) is 5.93. The van der Waals surface area contributed by atoms with E-state index in [1.165, 1.54) is 15.8 Å². The second kappa shape index (κ2) is 7.07. The number of hydrogen-bond acceptors (Lipinski definition) is 4. The largest absolute Gasteiger partial charge is 0.297 e. The number of nitrogens with zero attached hydrogens (tertiary/aromatic N) is 3. The fourth-order valence-electron chi connectivity index (χ4n) is 3.37. The van der Waals surface area contributed by atoms with Crippen molar-refractivity contribution in [2.45, 2.75) is 37.8 Å². The molecule has 0 amide bonds. The van der Waals surface area contributed by atoms with Crippen molar-refractivity contribution in [2.75, 3.05) is 13.1 Å². The molecule has 1 aromatic carbocycles. The molecule has 0 spiro atoms. The molecule has 2 heterocycles. The summed E-state index contributed by atoms with van der Waals surface area (Å²) in [7, 11) is -2.08. The van der Waals surface area contributed by atoms with Gasteiger partial charge in [-0.1, -0.05) is 35.9 Å². The van der Waals surface area contributed by atoms with Gasteiger partial charge in [-0.2, -0.15) is 5.10 Å². The third-order valence-corrected chi connectivity index (χ3v) is 6.75. The summed E-state index contributed by atoms with van der Waals surface area (Å²) in [6, 6.07) is 8.17. The first-order valence-corrected chi connectivity index (χ1v) is 10.1. The van der Waals surface area contributed by atoms with Crippen molar-refractivity contribution >= 4 is 21.6 Å². The summed E-state index contributed by atoms with van der Waals surface area (Å²) in [6.07, 6.45) is 0.989. The molecule has 0 radical (unpaired) electrons. The molecular formula is C17H23ClN4O2S. The molecule has 1 aliphatic heterocycles. The Bertz CT molecular complexity index is 879. The van der Waals surface area contributed by atoms with Gasteiger partial charge in [0.05, 0.1) is 5.69 Å². The van der Waals surface area contributed by atoms with Crippen LogP contribution in [0.4, 0.5) is 0 Å². The molecule has 0 fully saturated rings. The molecule has 1 N–H and O–H groups in total. The maximum absolute atomic E-state index is 12.7. The van der Waals surface area contributed by atoms with Crippen molar-refractivity contribution in [3.63, 3.8) is 0 Å². The van der Waals surface area contributed by atoms with Crippen molar-refractivity contribution in [1.29, 1.82) is 0 Å². The van der Waals surface area contributed by atoms with Crippen LogP contribution in [0, 0.1) is 6.92 Å². The lowest BCUT2D eigenvalue weighted by Crippen LogP contribution is -2.43. The van der Waals surface area contributed by atoms with Crippen LogP contribution < -0.4 is 4.72 Å². The van der Waals surface area contributed by atoms with Gasteiger partial charge in [-0.25, -0.2) is 13.1 Å². The predicted molar refractivity (Wildman–Crippen MR) is 98.2 cm³/mol. The highest BCUT2D eigenvalue weighted by molar-refractivity contribution is 7.89. The van der Waals surface area contributed by atoms with Crippen molar-refractivity contribution in [3.05, 3.63) is 46.2 Å². The van der Waals surface area contributed by atoms with Crippen LogP contribution in [0.15, 0.2) is 29.2 Å². The van der Waals surface area contributed by atoms with E-state index < -0.39 is 10.0 Å². The van der Waals surface area contributed by atoms with Gasteiger partial charge in [-0.15, -0.1) is 0 Å². The molecular weight excluding hydrogens is 360 g/mol. The highest BCUT2D eigenvalue weighted by atomic mass is 35.5. The fourth-order valence-corrected chi connectivity index (χ4v) is 5.36. The van der Waals surface area contributed by atoms with Crippen LogP contribution in [0.2, 0.25) is 5.15 Å². The predicted octanol–water partition coefficient (Wildman–Crippen LogP) is 2.11. The first-order valence-electron chi connectivity index (χ1n) is 8.28. The zero-order valence-corrected chi connectivity index (χ0v) is 16.2. The molecule has 6 nitrogen and oxygen atoms in total. The number of fused-ring (bicyclic) bond motifs is 1. The Morgan fingerprint density at radius 3 is 2.64 bits per heavy atom. The van der Waals surface area contributed by atoms with Crippen LogP contribution in [0.3, 0.4) is 0 Å². The highest BCUT2D eigenvalue weighted by Crippen LogP contribution is 2.24. The van der Waals surface area contributed by atoms with Crippen LogP contribution in [0.5, 0.6) is 0 Å². The minimum atomic E-state index is -3.70. The molecule has 25 heavy (non-hydrogen) atoms. The summed E-state index contributed by atoms with van der Waals surface area (Å²) < 4.78 is 29.4. The van der Waals surface area contributed by atoms with Gasteiger partial charge in [-0.3, -0.25) is 9.58 Å². The van der Waals surface area contributed by atoms with Crippen molar-refractivity contribution in [3.8, 4) is 0 Å². The number of rotatable bonds is 5. The van der Waals surface area contributed by atoms with Crippen LogP contribution in [-0.4, -0.2) is 42.2 Å². The van der Waals surface area contributed by atoms with Crippen molar-refractivity contribution in [2.24, 2.45) is 7.05 Å². The molecule has 0 bridgehead atoms. The molecule has 2 aromatic rings. The molecule has 1 atom stereocenters. The average molecular weight is 383 g/mol. The van der Waals surface area contributed by atoms with Gasteiger partial charge in [0.25, 0.3) is 0 Å². The SMILES string of the molecule is Cc1nn(C)c(Cl)c1S(=O)(=O)N[C@H](C)CN1CCc2ccccc2C1. The average Bonchev–Trinajstić information content (AvgIpc) is 2.79. The second-order valence-corrected chi connectivity index (χ2v) is 8.61. The number of aromatic nitrogens is 2. The normalized spacial score (nSPS) is 16.6. The Balaban J connectivity index is 1.67. The van der Waals surface area contributed by atoms with E-state index in [2.05, 4.69) is 32.9 Å². The summed E-state index contributed by atoms with van der Waals surface area (Å²) in [5.74, 6) is 0. The molecule has 0 unspecified atom stereocenters. The summed E-state index contributed by atoms with van der Waals surface area (Å²) in [5, 5.41) is 4.21. The van der Waals surface area contributed by atoms with E-state index in [0.29, 0.717) is 12.2 Å². The van der Waals surface area contributed by atoms with Crippen molar-refractivity contribution in [1.82, 2.24) is 19.4 Å². The van der Waals surface area contributed by atoms with E-state index in [0.717, 1.165) is 19.5 Å². The van der Waals surface area contributed by atoms with E-state index in [1.54, 1.807) is 14.0 Å². The molecule has 3 rings (SSSR count). The zero-order chi connectivity index (χ0) is 18.2. The minimum Gasteiger partial charge on any atom is -0.297 e. The van der Waals surface area contributed by atoms with Gasteiger partial charge in [-0.05, 0) is 31.4 Å². The van der Waals surface area contributed by atoms with E-state index in [-0.39, 0.29) is 16.1 Å². The van der Waals surface area contributed by atoms with Gasteiger partial charge in [0.15, 0.2) is 0 Å². The summed E-state index contributed by atoms with van der Waals surface area (Å²) in [5.41, 5.74) is 3.10. The number of nitrogens with one attached hydrogen (secondary N) is 1. The van der Waals surface area contributed by atoms with Gasteiger partial charge < -0.3 is 0 Å². The lowest BCUT2D eigenvalue weighted by molar-refractivity contribution is 0.237. The Hall–Kier alpha value is -1.41. The Kier molecular flexibility index (Phi) is 5.20. The highest BCUT2D eigenvalue weighted by Gasteiger charge is 2.27. The van der Waals surface area contributed by atoms with Crippen LogP contribution in [0.25, 0.3) is 0 Å². The lowest BCUT2D eigenvalue weighted by atomic mass is 10.00. The second-order valence-electron chi connectivity index (χ2n) is 6.61. The Morgan fingerprint density at radius 1 is 1.32 bits per heavy atom. The van der Waals surface area contributed by atoms with Gasteiger partial charge in [0, 0.05) is 32.7 Å². The monoisotopic (exact) mass is 382 g/mol. The fraction of sp³-hybridized carbons (Fsp3) is 0.471. The number of hydrogen-bond donors (Lipinski definition) is 1. The molecule has 1 aromatic heterocycles. The van der Waals surface area contributed by atoms with Crippen LogP contribution in [-0.2, 0) is 30.0 Å². The first-order chi connectivity index (χ1) is 11.8. The third kappa shape index (κ3) is 3.89. The molecule has 0 saturated heterocycles. The quantitative estimate of drug-likeness (QED) is 0.860. The topological polar surface area (TPSA) is 67.2 Å². The summed E-state index contributed by atoms with van der Waals surface area (Å²) in [4.78, 5) is 2.33. The maximum Gasteiger partial charge on any atom is 0.245 e. The van der Waals surface area contributed by atoms with E-state index >= 15 is 0 Å². The number of sulfonamides is 1. The number of benzene rings is 1. The van der Waals surface area contributed by atoms with Gasteiger partial charge in [0.2, 0.25) is 10.0 Å². The summed E-state index contributed by atoms with van der Waals surface area (Å²) >= 11 is 6.10. The lowest BCUT2D eigenvalue weighted by Gasteiger charge is -2.31. The molecule has 0 aliphatic carbocycles. The molecule has 8 heteroatoms. The zero-order valence-electron chi connectivity index (χ0n) is 14.7. The standard InChI is InChI=1S/C17H23ClN4O2S/c1-12(10-22-9-8-14-6-4-5-7-15(14)11-22)20-25(23,24)16-13(2)19-21(3)17(16)18/h4-7,12,20H,8-11H2,1-3H3/t12-/m1/s1. The van der Waals surface area contributed by atoms with E-state index in [1.807, 2.05) is 13.0 Å². The van der Waals surface area contributed by atoms with E-state index in [4.69, 9.17) is 11.6 Å². The van der Waals surface area contributed by atoms with Gasteiger partial charge >= 0.3 is 0 Å². The smallest absolute Gasteiger partial charge is 0.245 e. The molecule has 136 valence electrons. The Labute approximate surface area is 153 Å². The third-order valence-electron chi connectivity index (χ3n) is 4.47. The number of aryl methyl sites for hydroxylation is 2. The molecule has 0 saturated carbocycles. The van der Waals surface area contributed by atoms with Crippen LogP contribution in [0.1, 0.15) is 23.7 Å². The molecule has 1 aliphatic rings. The number of halogens is 1. The van der Waals surface area contributed by atoms with E-state index in [9.17, 15) is 8.42 Å². The minimum absolute atomic E-state index is 0.0625. The maximum atomic E-state index is 12.7. The van der Waals surface area contributed by atoms with Gasteiger partial charge in [0.1, 0.15) is 10.0 Å². The first kappa shape index (κ1) is 18.4. The van der Waals surface area contributed by atoms with Crippen molar-refractivity contribution < 1.29 is 8.42 Å². The van der Waals surface area contributed by atoms with Crippen LogP contribution >= 0.6 is 11.6 Å². The Morgan fingerprint density at radius 2 is 2.00 bits per heavy atom.